The third-order valence-corrected chi connectivity index (χ3v) is 4.10. The second-order valence-electron chi connectivity index (χ2n) is 4.21. The van der Waals surface area contributed by atoms with Gasteiger partial charge >= 0.3 is 0 Å². The average Bonchev–Trinajstić information content (AvgIpc) is 2.91. The van der Waals surface area contributed by atoms with Crippen LogP contribution < -0.4 is 10.2 Å². The lowest BCUT2D eigenvalue weighted by atomic mass is 10.2. The van der Waals surface area contributed by atoms with Crippen LogP contribution in [0.15, 0.2) is 45.3 Å². The maximum atomic E-state index is 11.9. The number of thiophene rings is 1. The summed E-state index contributed by atoms with van der Waals surface area (Å²) in [6.45, 7) is 2.72. The molecule has 4 nitrogen and oxygen atoms in total. The Balaban J connectivity index is 1.89. The molecular weight excluding hydrogens is 352 g/mol. The summed E-state index contributed by atoms with van der Waals surface area (Å²) < 4.78 is 6.49. The fraction of sp³-hybridized carbons (Fsp3) is 0.200. The van der Waals surface area contributed by atoms with Gasteiger partial charge in [-0.1, -0.05) is 6.92 Å². The van der Waals surface area contributed by atoms with Crippen LogP contribution in [0.1, 0.15) is 28.6 Å². The first-order valence-corrected chi connectivity index (χ1v) is 8.11. The standard InChI is InChI=1S/C15H15BrN2O2S/c1-2-9-20-12-5-3-11(4-6-12)15(19)18-17-10-13-7-8-14(16)21-13/h3-8,10H,2,9H2,1H3,(H,18,19)/b17-10+. The number of rotatable bonds is 6. The van der Waals surface area contributed by atoms with Gasteiger partial charge in [-0.25, -0.2) is 5.43 Å². The zero-order valence-corrected chi connectivity index (χ0v) is 13.9. The van der Waals surface area contributed by atoms with Crippen LogP contribution in [0.4, 0.5) is 0 Å². The third kappa shape index (κ3) is 4.99. The number of hydrogen-bond acceptors (Lipinski definition) is 4. The molecule has 0 aliphatic carbocycles. The van der Waals surface area contributed by atoms with Crippen molar-refractivity contribution in [2.45, 2.75) is 13.3 Å². The van der Waals surface area contributed by atoms with Crippen molar-refractivity contribution in [1.29, 1.82) is 0 Å². The van der Waals surface area contributed by atoms with E-state index in [4.69, 9.17) is 4.74 Å². The first kappa shape index (κ1) is 15.7. The molecule has 2 rings (SSSR count). The molecule has 0 fully saturated rings. The molecule has 0 aliphatic rings. The Morgan fingerprint density at radius 2 is 2.10 bits per heavy atom. The van der Waals surface area contributed by atoms with Gasteiger partial charge in [0.05, 0.1) is 16.6 Å². The molecule has 21 heavy (non-hydrogen) atoms. The Hall–Kier alpha value is -1.66. The molecule has 1 amide bonds. The Morgan fingerprint density at radius 1 is 1.33 bits per heavy atom. The largest absolute Gasteiger partial charge is 0.494 e. The maximum Gasteiger partial charge on any atom is 0.271 e. The molecule has 1 aromatic heterocycles. The van der Waals surface area contributed by atoms with Gasteiger partial charge in [0.25, 0.3) is 5.91 Å². The number of benzene rings is 1. The summed E-state index contributed by atoms with van der Waals surface area (Å²) in [6.07, 6.45) is 2.57. The predicted molar refractivity (Wildman–Crippen MR) is 89.3 cm³/mol. The Labute approximate surface area is 136 Å². The van der Waals surface area contributed by atoms with Crippen LogP contribution in [0.25, 0.3) is 0 Å². The summed E-state index contributed by atoms with van der Waals surface area (Å²) in [4.78, 5) is 12.9. The normalized spacial score (nSPS) is 10.8. The number of hydrazone groups is 1. The summed E-state index contributed by atoms with van der Waals surface area (Å²) in [5.41, 5.74) is 3.05. The van der Waals surface area contributed by atoms with Crippen molar-refractivity contribution in [2.75, 3.05) is 6.61 Å². The molecule has 0 saturated carbocycles. The van der Waals surface area contributed by atoms with E-state index in [2.05, 4.69) is 26.5 Å². The monoisotopic (exact) mass is 366 g/mol. The smallest absolute Gasteiger partial charge is 0.271 e. The number of halogens is 1. The van der Waals surface area contributed by atoms with E-state index in [1.54, 1.807) is 41.8 Å². The second kappa shape index (κ2) is 7.95. The third-order valence-electron chi connectivity index (χ3n) is 2.54. The van der Waals surface area contributed by atoms with Crippen molar-refractivity contribution in [2.24, 2.45) is 5.10 Å². The molecule has 0 spiro atoms. The van der Waals surface area contributed by atoms with Gasteiger partial charge in [0.15, 0.2) is 0 Å². The molecule has 110 valence electrons. The van der Waals surface area contributed by atoms with Crippen LogP contribution in [-0.2, 0) is 0 Å². The summed E-state index contributed by atoms with van der Waals surface area (Å²) in [6, 6.07) is 10.9. The number of ether oxygens (including phenoxy) is 1. The minimum absolute atomic E-state index is 0.246. The van der Waals surface area contributed by atoms with Crippen LogP contribution in [0.5, 0.6) is 5.75 Å². The first-order chi connectivity index (χ1) is 10.2. The lowest BCUT2D eigenvalue weighted by molar-refractivity contribution is 0.0955. The molecular formula is C15H15BrN2O2S. The molecule has 0 unspecified atom stereocenters. The van der Waals surface area contributed by atoms with Gasteiger partial charge in [0.2, 0.25) is 0 Å². The highest BCUT2D eigenvalue weighted by Gasteiger charge is 2.04. The van der Waals surface area contributed by atoms with Crippen molar-refractivity contribution in [3.05, 3.63) is 50.6 Å². The van der Waals surface area contributed by atoms with E-state index in [-0.39, 0.29) is 5.91 Å². The quantitative estimate of drug-likeness (QED) is 0.618. The molecule has 0 atom stereocenters. The predicted octanol–water partition coefficient (Wildman–Crippen LogP) is 4.06. The van der Waals surface area contributed by atoms with E-state index in [0.29, 0.717) is 12.2 Å². The van der Waals surface area contributed by atoms with Gasteiger partial charge in [-0.2, -0.15) is 5.10 Å². The summed E-state index contributed by atoms with van der Waals surface area (Å²) in [7, 11) is 0. The van der Waals surface area contributed by atoms with E-state index >= 15 is 0 Å². The number of hydrogen-bond donors (Lipinski definition) is 1. The molecule has 1 aromatic carbocycles. The first-order valence-electron chi connectivity index (χ1n) is 6.50. The van der Waals surface area contributed by atoms with Crippen LogP contribution >= 0.6 is 27.3 Å². The number of carbonyl (C=O) groups is 1. The van der Waals surface area contributed by atoms with Crippen LogP contribution in [0, 0.1) is 0 Å². The SMILES string of the molecule is CCCOc1ccc(C(=O)N/N=C/c2ccc(Br)s2)cc1. The fourth-order valence-electron chi connectivity index (χ4n) is 1.54. The lowest BCUT2D eigenvalue weighted by Gasteiger charge is -2.05. The Bertz CT molecular complexity index is 623. The van der Waals surface area contributed by atoms with Gasteiger partial charge in [0.1, 0.15) is 5.75 Å². The fourth-order valence-corrected chi connectivity index (χ4v) is 2.83. The van der Waals surface area contributed by atoms with Gasteiger partial charge in [0, 0.05) is 10.4 Å². The van der Waals surface area contributed by atoms with E-state index < -0.39 is 0 Å². The van der Waals surface area contributed by atoms with Gasteiger partial charge in [-0.15, -0.1) is 11.3 Å². The maximum absolute atomic E-state index is 11.9. The second-order valence-corrected chi connectivity index (χ2v) is 6.71. The number of nitrogens with one attached hydrogen (secondary N) is 1. The summed E-state index contributed by atoms with van der Waals surface area (Å²) in [5, 5.41) is 3.94. The molecule has 2 aromatic rings. The number of amides is 1. The zero-order chi connectivity index (χ0) is 15.1. The molecule has 0 saturated heterocycles. The highest BCUT2D eigenvalue weighted by atomic mass is 79.9. The van der Waals surface area contributed by atoms with E-state index in [0.717, 1.165) is 20.8 Å². The van der Waals surface area contributed by atoms with Crippen molar-refractivity contribution >= 4 is 39.4 Å². The van der Waals surface area contributed by atoms with E-state index in [1.165, 1.54) is 0 Å². The molecule has 0 bridgehead atoms. The van der Waals surface area contributed by atoms with Crippen molar-refractivity contribution in [3.8, 4) is 5.75 Å². The van der Waals surface area contributed by atoms with Crippen molar-refractivity contribution in [1.82, 2.24) is 5.43 Å². The van der Waals surface area contributed by atoms with Gasteiger partial charge in [-0.05, 0) is 58.7 Å². The molecule has 1 N–H and O–H groups in total. The average molecular weight is 367 g/mol. The minimum atomic E-state index is -0.246. The topological polar surface area (TPSA) is 50.7 Å². The van der Waals surface area contributed by atoms with E-state index in [1.807, 2.05) is 19.1 Å². The van der Waals surface area contributed by atoms with Crippen molar-refractivity contribution in [3.63, 3.8) is 0 Å². The molecule has 1 heterocycles. The Kier molecular flexibility index (Phi) is 5.95. The zero-order valence-electron chi connectivity index (χ0n) is 11.5. The molecule has 0 radical (unpaired) electrons. The van der Waals surface area contributed by atoms with Crippen LogP contribution in [0.3, 0.4) is 0 Å². The van der Waals surface area contributed by atoms with Crippen LogP contribution in [-0.4, -0.2) is 18.7 Å². The lowest BCUT2D eigenvalue weighted by Crippen LogP contribution is -2.17. The van der Waals surface area contributed by atoms with E-state index in [9.17, 15) is 4.79 Å². The minimum Gasteiger partial charge on any atom is -0.494 e. The van der Waals surface area contributed by atoms with Crippen LogP contribution in [0.2, 0.25) is 0 Å². The summed E-state index contributed by atoms with van der Waals surface area (Å²) in [5.74, 6) is 0.518. The number of nitrogens with zero attached hydrogens (tertiary/aromatic N) is 1. The van der Waals surface area contributed by atoms with Crippen molar-refractivity contribution < 1.29 is 9.53 Å². The Morgan fingerprint density at radius 3 is 2.71 bits per heavy atom. The highest BCUT2D eigenvalue weighted by Crippen LogP contribution is 2.20. The molecule has 6 heteroatoms. The summed E-state index contributed by atoms with van der Waals surface area (Å²) >= 11 is 4.92. The van der Waals surface area contributed by atoms with Gasteiger partial charge < -0.3 is 4.74 Å². The van der Waals surface area contributed by atoms with Gasteiger partial charge in [-0.3, -0.25) is 4.79 Å². The molecule has 0 aliphatic heterocycles. The highest BCUT2D eigenvalue weighted by molar-refractivity contribution is 9.11. The number of carbonyl (C=O) groups excluding carboxylic acids is 1.